The van der Waals surface area contributed by atoms with E-state index >= 15 is 0 Å². The van der Waals surface area contributed by atoms with E-state index in [4.69, 9.17) is 42.6 Å². The van der Waals surface area contributed by atoms with Gasteiger partial charge in [-0.3, -0.25) is 0 Å². The van der Waals surface area contributed by atoms with Crippen molar-refractivity contribution >= 4 is 34.6 Å². The van der Waals surface area contributed by atoms with Gasteiger partial charge in [-0.1, -0.05) is 152 Å². The van der Waals surface area contributed by atoms with Crippen molar-refractivity contribution in [3.05, 3.63) is 109 Å². The number of esters is 3. The molecule has 0 saturated heterocycles. The molecule has 416 valence electrons. The van der Waals surface area contributed by atoms with Gasteiger partial charge in [0.1, 0.15) is 23.4 Å². The Morgan fingerprint density at radius 2 is 0.587 bits per heavy atom. The minimum Gasteiger partial charge on any atom is -0.494 e. The van der Waals surface area contributed by atoms with Crippen LogP contribution in [0.25, 0.3) is 16.7 Å². The summed E-state index contributed by atoms with van der Waals surface area (Å²) in [6.45, 7) is 23.2. The summed E-state index contributed by atoms with van der Waals surface area (Å²) in [5.74, 6) is 1.18. The SMILES string of the molecule is C=C(C(=O)OCC)c1ccc(OCCCCCCCCCOCC(COCCCCCCCCCOc2ccc(C(=C)C(=O)OCC)cc2)OCCCCCCCCCOc2ccc(C(=C)C(=O)OCC)cc2)cc1. The molecular formula is C63H92O12. The first-order valence-electron chi connectivity index (χ1n) is 28.2. The summed E-state index contributed by atoms with van der Waals surface area (Å²) in [4.78, 5) is 35.8. The highest BCUT2D eigenvalue weighted by atomic mass is 16.6. The predicted octanol–water partition coefficient (Wildman–Crippen LogP) is 14.6. The highest BCUT2D eigenvalue weighted by Gasteiger charge is 2.14. The number of hydrogen-bond donors (Lipinski definition) is 0. The molecule has 0 amide bonds. The molecule has 0 heterocycles. The third kappa shape index (κ3) is 29.5. The molecule has 0 aromatic heterocycles. The zero-order valence-corrected chi connectivity index (χ0v) is 46.2. The van der Waals surface area contributed by atoms with E-state index in [1.807, 2.05) is 72.8 Å². The van der Waals surface area contributed by atoms with Crippen LogP contribution in [0, 0.1) is 0 Å². The van der Waals surface area contributed by atoms with E-state index in [2.05, 4.69) is 19.7 Å². The number of unbranched alkanes of at least 4 members (excludes halogenated alkanes) is 18. The van der Waals surface area contributed by atoms with E-state index in [0.29, 0.717) is 76.2 Å². The molecule has 0 spiro atoms. The van der Waals surface area contributed by atoms with Crippen molar-refractivity contribution in [3.8, 4) is 17.2 Å². The summed E-state index contributed by atoms with van der Waals surface area (Å²) in [6, 6.07) is 22.3. The maximum Gasteiger partial charge on any atom is 0.338 e. The third-order valence-electron chi connectivity index (χ3n) is 12.6. The minimum absolute atomic E-state index is 0.0639. The Labute approximate surface area is 450 Å². The lowest BCUT2D eigenvalue weighted by atomic mass is 10.1. The van der Waals surface area contributed by atoms with Crippen molar-refractivity contribution in [1.29, 1.82) is 0 Å². The molecule has 0 saturated carbocycles. The van der Waals surface area contributed by atoms with Crippen molar-refractivity contribution in [2.24, 2.45) is 0 Å². The Bertz CT molecular complexity index is 1910. The molecule has 0 atom stereocenters. The topological polar surface area (TPSA) is 134 Å². The molecule has 0 bridgehead atoms. The first-order chi connectivity index (χ1) is 36.7. The van der Waals surface area contributed by atoms with Crippen LogP contribution in [-0.4, -0.2) is 96.7 Å². The number of carbonyl (C=O) groups is 3. The first kappa shape index (κ1) is 63.9. The molecule has 75 heavy (non-hydrogen) atoms. The second-order valence-corrected chi connectivity index (χ2v) is 18.8. The van der Waals surface area contributed by atoms with Crippen LogP contribution in [0.2, 0.25) is 0 Å². The maximum atomic E-state index is 11.9. The van der Waals surface area contributed by atoms with Crippen LogP contribution in [0.5, 0.6) is 17.2 Å². The Kier molecular flexibility index (Phi) is 35.6. The van der Waals surface area contributed by atoms with E-state index in [0.717, 1.165) is 124 Å². The summed E-state index contributed by atoms with van der Waals surface area (Å²) in [6.07, 6.45) is 23.7. The molecule has 0 aliphatic heterocycles. The Balaban J connectivity index is 1.23. The third-order valence-corrected chi connectivity index (χ3v) is 12.6. The summed E-state index contributed by atoms with van der Waals surface area (Å²) < 4.78 is 51.5. The van der Waals surface area contributed by atoms with Crippen LogP contribution in [0.3, 0.4) is 0 Å². The maximum absolute atomic E-state index is 11.9. The van der Waals surface area contributed by atoms with Gasteiger partial charge in [-0.15, -0.1) is 0 Å². The number of carbonyl (C=O) groups excluding carboxylic acids is 3. The second kappa shape index (κ2) is 41.8. The Morgan fingerprint density at radius 3 is 0.853 bits per heavy atom. The van der Waals surface area contributed by atoms with E-state index in [1.54, 1.807) is 20.8 Å². The highest BCUT2D eigenvalue weighted by Crippen LogP contribution is 2.22. The van der Waals surface area contributed by atoms with Crippen LogP contribution in [0.15, 0.2) is 92.5 Å². The van der Waals surface area contributed by atoms with E-state index < -0.39 is 17.9 Å². The zero-order valence-electron chi connectivity index (χ0n) is 46.2. The fourth-order valence-corrected chi connectivity index (χ4v) is 8.13. The second-order valence-electron chi connectivity index (χ2n) is 18.8. The normalized spacial score (nSPS) is 11.0. The van der Waals surface area contributed by atoms with Crippen LogP contribution >= 0.6 is 0 Å². The van der Waals surface area contributed by atoms with Crippen LogP contribution in [0.1, 0.15) is 172 Å². The lowest BCUT2D eigenvalue weighted by Gasteiger charge is -2.18. The Morgan fingerprint density at radius 1 is 0.347 bits per heavy atom. The number of ether oxygens (including phenoxy) is 9. The van der Waals surface area contributed by atoms with Gasteiger partial charge in [0.2, 0.25) is 0 Å². The van der Waals surface area contributed by atoms with Crippen molar-refractivity contribution < 1.29 is 57.0 Å². The van der Waals surface area contributed by atoms with Gasteiger partial charge in [-0.25, -0.2) is 14.4 Å². The molecule has 0 unspecified atom stereocenters. The van der Waals surface area contributed by atoms with Crippen molar-refractivity contribution in [2.45, 2.75) is 162 Å². The molecule has 3 aromatic rings. The molecule has 0 N–H and O–H groups in total. The molecule has 0 aliphatic carbocycles. The van der Waals surface area contributed by atoms with Gasteiger partial charge in [-0.05, 0) is 112 Å². The van der Waals surface area contributed by atoms with Crippen molar-refractivity contribution in [3.63, 3.8) is 0 Å². The van der Waals surface area contributed by atoms with E-state index in [-0.39, 0.29) is 6.10 Å². The fourth-order valence-electron chi connectivity index (χ4n) is 8.13. The number of hydrogen-bond acceptors (Lipinski definition) is 12. The van der Waals surface area contributed by atoms with Gasteiger partial charge in [0.05, 0.1) is 69.6 Å². The quantitative estimate of drug-likeness (QED) is 0.0231. The molecule has 0 radical (unpaired) electrons. The van der Waals surface area contributed by atoms with Crippen molar-refractivity contribution in [2.75, 3.05) is 72.7 Å². The van der Waals surface area contributed by atoms with E-state index in [9.17, 15) is 14.4 Å². The molecule has 12 heteroatoms. The number of rotatable bonds is 47. The van der Waals surface area contributed by atoms with Gasteiger partial charge < -0.3 is 42.6 Å². The minimum atomic E-state index is -0.397. The summed E-state index contributed by atoms with van der Waals surface area (Å²) in [5.41, 5.74) is 3.28. The fraction of sp³-hybridized carbons (Fsp3) is 0.571. The average molecular weight is 1040 g/mol. The van der Waals surface area contributed by atoms with Crippen LogP contribution < -0.4 is 14.2 Å². The monoisotopic (exact) mass is 1040 g/mol. The number of benzene rings is 3. The summed E-state index contributed by atoms with van der Waals surface area (Å²) in [5, 5.41) is 0. The van der Waals surface area contributed by atoms with Gasteiger partial charge in [-0.2, -0.15) is 0 Å². The van der Waals surface area contributed by atoms with Crippen LogP contribution in [-0.2, 0) is 42.8 Å². The van der Waals surface area contributed by atoms with Gasteiger partial charge >= 0.3 is 17.9 Å². The lowest BCUT2D eigenvalue weighted by molar-refractivity contribution is -0.136. The lowest BCUT2D eigenvalue weighted by Crippen LogP contribution is -2.26. The van der Waals surface area contributed by atoms with E-state index in [1.165, 1.54) is 57.8 Å². The Hall–Kier alpha value is -5.43. The predicted molar refractivity (Wildman–Crippen MR) is 301 cm³/mol. The molecule has 0 aliphatic rings. The highest BCUT2D eigenvalue weighted by molar-refractivity contribution is 6.16. The van der Waals surface area contributed by atoms with Gasteiger partial charge in [0, 0.05) is 19.8 Å². The molecule has 12 nitrogen and oxygen atoms in total. The molecule has 3 aromatic carbocycles. The van der Waals surface area contributed by atoms with Crippen LogP contribution in [0.4, 0.5) is 0 Å². The molecule has 0 fully saturated rings. The van der Waals surface area contributed by atoms with Gasteiger partial charge in [0.15, 0.2) is 0 Å². The molecular weight excluding hydrogens is 949 g/mol. The zero-order chi connectivity index (χ0) is 54.0. The largest absolute Gasteiger partial charge is 0.494 e. The smallest absolute Gasteiger partial charge is 0.338 e. The average Bonchev–Trinajstić information content (AvgIpc) is 3.42. The summed E-state index contributed by atoms with van der Waals surface area (Å²) >= 11 is 0. The van der Waals surface area contributed by atoms with Gasteiger partial charge in [0.25, 0.3) is 0 Å². The summed E-state index contributed by atoms with van der Waals surface area (Å²) in [7, 11) is 0. The molecule has 3 rings (SSSR count). The standard InChI is InChI=1S/C63H92O12/c1-7-69-61(64)51(4)54-31-37-57(38-32-54)72-45-27-21-15-10-13-19-25-43-67-49-60(75-48-30-24-18-12-17-23-29-47-74-59-41-35-56(36-42-59)53(6)63(66)71-9-3)50-68-44-26-20-14-11-16-22-28-46-73-58-39-33-55(34-40-58)52(5)62(65)70-8-2/h31-42,60H,4-30,43-50H2,1-3H3. The van der Waals surface area contributed by atoms with Crippen molar-refractivity contribution in [1.82, 2.24) is 0 Å². The first-order valence-corrected chi connectivity index (χ1v) is 28.2.